The van der Waals surface area contributed by atoms with Crippen molar-refractivity contribution in [2.75, 3.05) is 7.05 Å². The van der Waals surface area contributed by atoms with Crippen LogP contribution in [0.25, 0.3) is 0 Å². The Morgan fingerprint density at radius 2 is 2.17 bits per heavy atom. The zero-order valence-electron chi connectivity index (χ0n) is 8.28. The maximum Gasteiger partial charge on any atom is 0.0942 e. The fourth-order valence-corrected chi connectivity index (χ4v) is 1.75. The lowest BCUT2D eigenvalue weighted by Gasteiger charge is -2.30. The summed E-state index contributed by atoms with van der Waals surface area (Å²) in [4.78, 5) is 0. The summed E-state index contributed by atoms with van der Waals surface area (Å²) in [6.45, 7) is 4.58. The van der Waals surface area contributed by atoms with Gasteiger partial charge >= 0.3 is 0 Å². The summed E-state index contributed by atoms with van der Waals surface area (Å²) in [6.07, 6.45) is 6.44. The van der Waals surface area contributed by atoms with Gasteiger partial charge < -0.3 is 11.1 Å². The number of rotatable bonds is 1. The fourth-order valence-electron chi connectivity index (χ4n) is 1.75. The van der Waals surface area contributed by atoms with Gasteiger partial charge in [0.25, 0.3) is 0 Å². The highest BCUT2D eigenvalue weighted by Gasteiger charge is 2.25. The topological polar surface area (TPSA) is 39.7 Å². The second-order valence-corrected chi connectivity index (χ2v) is 4.22. The SMILES string of the molecule is CNC1=C/C(=C\[NH3+])CC(C)(C)C1. The summed E-state index contributed by atoms with van der Waals surface area (Å²) in [6, 6.07) is 0. The molecule has 0 spiro atoms. The highest BCUT2D eigenvalue weighted by atomic mass is 14.8. The van der Waals surface area contributed by atoms with E-state index in [4.69, 9.17) is 0 Å². The van der Waals surface area contributed by atoms with Crippen LogP contribution in [0, 0.1) is 5.41 Å². The lowest BCUT2D eigenvalue weighted by atomic mass is 9.77. The van der Waals surface area contributed by atoms with Crippen molar-refractivity contribution in [1.82, 2.24) is 5.32 Å². The first-order valence-electron chi connectivity index (χ1n) is 4.44. The standard InChI is InChI=1S/C10H18N2/c1-10(2)5-8(7-11)4-9(6-10)12-3/h4,7,12H,5-6,11H2,1-3H3/p+1/b8-7+. The molecule has 0 saturated carbocycles. The Morgan fingerprint density at radius 3 is 2.67 bits per heavy atom. The smallest absolute Gasteiger partial charge is 0.0942 e. The van der Waals surface area contributed by atoms with E-state index in [1.807, 2.05) is 13.2 Å². The van der Waals surface area contributed by atoms with Gasteiger partial charge in [-0.15, -0.1) is 0 Å². The van der Waals surface area contributed by atoms with E-state index in [2.05, 4.69) is 31.0 Å². The number of hydrogen-bond acceptors (Lipinski definition) is 1. The van der Waals surface area contributed by atoms with Gasteiger partial charge in [-0.05, 0) is 24.3 Å². The molecule has 0 atom stereocenters. The molecule has 0 unspecified atom stereocenters. The minimum Gasteiger partial charge on any atom is -0.391 e. The summed E-state index contributed by atoms with van der Waals surface area (Å²) in [7, 11) is 1.98. The van der Waals surface area contributed by atoms with E-state index in [0.717, 1.165) is 12.8 Å². The van der Waals surface area contributed by atoms with Crippen LogP contribution in [0.4, 0.5) is 0 Å². The van der Waals surface area contributed by atoms with Gasteiger partial charge in [-0.2, -0.15) is 0 Å². The molecule has 0 fully saturated rings. The van der Waals surface area contributed by atoms with E-state index in [0.29, 0.717) is 5.41 Å². The van der Waals surface area contributed by atoms with Crippen LogP contribution in [0.5, 0.6) is 0 Å². The Bertz CT molecular complexity index is 224. The molecule has 68 valence electrons. The van der Waals surface area contributed by atoms with Gasteiger partial charge in [0.2, 0.25) is 0 Å². The molecule has 1 aliphatic carbocycles. The van der Waals surface area contributed by atoms with Crippen LogP contribution in [-0.2, 0) is 0 Å². The van der Waals surface area contributed by atoms with Crippen molar-refractivity contribution in [3.8, 4) is 0 Å². The van der Waals surface area contributed by atoms with Crippen molar-refractivity contribution in [3.05, 3.63) is 23.5 Å². The van der Waals surface area contributed by atoms with Crippen LogP contribution in [0.2, 0.25) is 0 Å². The van der Waals surface area contributed by atoms with Crippen molar-refractivity contribution in [1.29, 1.82) is 0 Å². The van der Waals surface area contributed by atoms with Crippen molar-refractivity contribution < 1.29 is 5.73 Å². The van der Waals surface area contributed by atoms with E-state index in [1.165, 1.54) is 11.3 Å². The van der Waals surface area contributed by atoms with Crippen molar-refractivity contribution in [2.24, 2.45) is 5.41 Å². The van der Waals surface area contributed by atoms with Crippen molar-refractivity contribution in [3.63, 3.8) is 0 Å². The normalized spacial score (nSPS) is 25.3. The van der Waals surface area contributed by atoms with E-state index in [9.17, 15) is 0 Å². The minimum atomic E-state index is 0.386. The first-order chi connectivity index (χ1) is 5.57. The zero-order valence-corrected chi connectivity index (χ0v) is 8.28. The summed E-state index contributed by atoms with van der Waals surface area (Å²) in [5, 5.41) is 3.22. The minimum absolute atomic E-state index is 0.386. The molecule has 1 aliphatic rings. The average Bonchev–Trinajstić information content (AvgIpc) is 2.01. The van der Waals surface area contributed by atoms with Crippen molar-refractivity contribution in [2.45, 2.75) is 26.7 Å². The van der Waals surface area contributed by atoms with Crippen LogP contribution < -0.4 is 11.1 Å². The molecule has 0 aliphatic heterocycles. The molecule has 2 nitrogen and oxygen atoms in total. The van der Waals surface area contributed by atoms with Gasteiger partial charge in [-0.1, -0.05) is 13.8 Å². The Labute approximate surface area is 74.5 Å². The first kappa shape index (κ1) is 9.33. The lowest BCUT2D eigenvalue weighted by Crippen LogP contribution is -2.40. The summed E-state index contributed by atoms with van der Waals surface area (Å²) in [5.41, 5.74) is 6.86. The molecule has 0 aromatic rings. The zero-order chi connectivity index (χ0) is 9.19. The van der Waals surface area contributed by atoms with E-state index in [1.54, 1.807) is 0 Å². The first-order valence-corrected chi connectivity index (χ1v) is 4.44. The van der Waals surface area contributed by atoms with Gasteiger partial charge in [0.05, 0.1) is 6.20 Å². The lowest BCUT2D eigenvalue weighted by molar-refractivity contribution is -0.276. The molecule has 2 heteroatoms. The Kier molecular flexibility index (Phi) is 2.58. The molecule has 0 saturated heterocycles. The van der Waals surface area contributed by atoms with Crippen LogP contribution in [0.15, 0.2) is 23.5 Å². The highest BCUT2D eigenvalue weighted by Crippen LogP contribution is 2.36. The molecule has 4 N–H and O–H groups in total. The van der Waals surface area contributed by atoms with Gasteiger partial charge in [0, 0.05) is 18.3 Å². The third kappa shape index (κ3) is 2.11. The average molecular weight is 167 g/mol. The third-order valence-electron chi connectivity index (χ3n) is 2.29. The Morgan fingerprint density at radius 1 is 1.50 bits per heavy atom. The third-order valence-corrected chi connectivity index (χ3v) is 2.29. The van der Waals surface area contributed by atoms with Crippen LogP contribution in [0.1, 0.15) is 26.7 Å². The molecular weight excluding hydrogens is 148 g/mol. The molecule has 0 aromatic heterocycles. The maximum absolute atomic E-state index is 3.81. The van der Waals surface area contributed by atoms with Gasteiger partial charge in [0.1, 0.15) is 0 Å². The Balaban J connectivity index is 2.86. The second-order valence-electron chi connectivity index (χ2n) is 4.22. The molecule has 12 heavy (non-hydrogen) atoms. The predicted molar refractivity (Wildman–Crippen MR) is 51.1 cm³/mol. The van der Waals surface area contributed by atoms with E-state index < -0.39 is 0 Å². The maximum atomic E-state index is 3.81. The van der Waals surface area contributed by atoms with Crippen molar-refractivity contribution >= 4 is 0 Å². The molecular formula is C10H19N2+. The van der Waals surface area contributed by atoms with E-state index >= 15 is 0 Å². The monoisotopic (exact) mass is 167 g/mol. The number of allylic oxidation sites excluding steroid dienone is 3. The summed E-state index contributed by atoms with van der Waals surface area (Å²) >= 11 is 0. The Hall–Kier alpha value is -0.760. The highest BCUT2D eigenvalue weighted by molar-refractivity contribution is 5.27. The quantitative estimate of drug-likeness (QED) is 0.601. The van der Waals surface area contributed by atoms with Crippen LogP contribution in [-0.4, -0.2) is 7.05 Å². The predicted octanol–water partition coefficient (Wildman–Crippen LogP) is 1.04. The molecule has 1 rings (SSSR count). The summed E-state index contributed by atoms with van der Waals surface area (Å²) in [5.74, 6) is 0. The van der Waals surface area contributed by atoms with E-state index in [-0.39, 0.29) is 0 Å². The van der Waals surface area contributed by atoms with Crippen LogP contribution >= 0.6 is 0 Å². The van der Waals surface area contributed by atoms with Gasteiger partial charge in [0.15, 0.2) is 0 Å². The number of quaternary nitrogens is 1. The molecule has 0 amide bonds. The van der Waals surface area contributed by atoms with Gasteiger partial charge in [-0.25, -0.2) is 0 Å². The molecule has 0 radical (unpaired) electrons. The fraction of sp³-hybridized carbons (Fsp3) is 0.600. The largest absolute Gasteiger partial charge is 0.391 e. The number of nitrogens with one attached hydrogen (secondary N) is 1. The number of hydrogen-bond donors (Lipinski definition) is 2. The molecule has 0 heterocycles. The molecule has 0 bridgehead atoms. The van der Waals surface area contributed by atoms with Crippen LogP contribution in [0.3, 0.4) is 0 Å². The molecule has 0 aromatic carbocycles. The second kappa shape index (κ2) is 3.31. The summed E-state index contributed by atoms with van der Waals surface area (Å²) < 4.78 is 0. The van der Waals surface area contributed by atoms with Gasteiger partial charge in [-0.3, -0.25) is 0 Å².